The minimum Gasteiger partial charge on any atom is -0.347 e. The van der Waals surface area contributed by atoms with E-state index >= 15 is 0 Å². The number of anilines is 1. The third kappa shape index (κ3) is 2.98. The normalized spacial score (nSPS) is 10.1. The zero-order chi connectivity index (χ0) is 13.0. The van der Waals surface area contributed by atoms with Crippen molar-refractivity contribution in [1.29, 1.82) is 0 Å². The van der Waals surface area contributed by atoms with E-state index in [9.17, 15) is 4.79 Å². The van der Waals surface area contributed by atoms with Gasteiger partial charge in [-0.2, -0.15) is 0 Å². The molecule has 7 heteroatoms. The first kappa shape index (κ1) is 12.8. The van der Waals surface area contributed by atoms with Crippen molar-refractivity contribution in [3.8, 4) is 0 Å². The maximum absolute atomic E-state index is 11.9. The summed E-state index contributed by atoms with van der Waals surface area (Å²) >= 11 is 7.24. The third-order valence-corrected chi connectivity index (χ3v) is 3.47. The van der Waals surface area contributed by atoms with E-state index < -0.39 is 0 Å². The molecule has 1 amide bonds. The number of amides is 1. The van der Waals surface area contributed by atoms with Gasteiger partial charge in [0.05, 0.1) is 16.4 Å². The van der Waals surface area contributed by atoms with E-state index in [1.165, 1.54) is 11.3 Å². The summed E-state index contributed by atoms with van der Waals surface area (Å²) in [6.07, 6.45) is 1.56. The molecule has 2 rings (SSSR count). The highest BCUT2D eigenvalue weighted by Crippen LogP contribution is 2.21. The molecule has 94 valence electrons. The number of rotatable bonds is 4. The molecule has 2 heterocycles. The number of aromatic nitrogens is 1. The van der Waals surface area contributed by atoms with Crippen LogP contribution in [0.1, 0.15) is 15.2 Å². The zero-order valence-corrected chi connectivity index (χ0v) is 10.9. The van der Waals surface area contributed by atoms with Crippen molar-refractivity contribution >= 4 is 34.7 Å². The van der Waals surface area contributed by atoms with Crippen LogP contribution in [0.25, 0.3) is 0 Å². The number of carbonyl (C=O) groups is 1. The van der Waals surface area contributed by atoms with Crippen molar-refractivity contribution in [1.82, 2.24) is 10.3 Å². The number of hydrogen-bond acceptors (Lipinski definition) is 5. The molecule has 0 aliphatic heterocycles. The van der Waals surface area contributed by atoms with E-state index in [-0.39, 0.29) is 5.91 Å². The summed E-state index contributed by atoms with van der Waals surface area (Å²) in [6.45, 7) is 0.426. The van der Waals surface area contributed by atoms with Gasteiger partial charge in [-0.1, -0.05) is 11.6 Å². The molecule has 0 saturated carbocycles. The Bertz CT molecular complexity index is 557. The highest BCUT2D eigenvalue weighted by molar-refractivity contribution is 7.16. The molecule has 0 radical (unpaired) electrons. The summed E-state index contributed by atoms with van der Waals surface area (Å²) in [5, 5.41) is 2.78. The van der Waals surface area contributed by atoms with Gasteiger partial charge in [0.1, 0.15) is 0 Å². The SMILES string of the molecule is NNc1ncccc1C(=O)NCc1ccc(Cl)s1. The van der Waals surface area contributed by atoms with Crippen molar-refractivity contribution in [2.24, 2.45) is 5.84 Å². The van der Waals surface area contributed by atoms with Crippen molar-refractivity contribution < 1.29 is 4.79 Å². The zero-order valence-electron chi connectivity index (χ0n) is 9.31. The lowest BCUT2D eigenvalue weighted by Gasteiger charge is -2.07. The molecule has 2 aromatic heterocycles. The van der Waals surface area contributed by atoms with Crippen molar-refractivity contribution in [2.45, 2.75) is 6.54 Å². The summed E-state index contributed by atoms with van der Waals surface area (Å²) in [4.78, 5) is 16.9. The number of halogens is 1. The molecule has 2 aromatic rings. The number of thiophene rings is 1. The van der Waals surface area contributed by atoms with Crippen LogP contribution in [0.4, 0.5) is 5.82 Å². The second-order valence-electron chi connectivity index (χ2n) is 3.43. The lowest BCUT2D eigenvalue weighted by Crippen LogP contribution is -2.24. The van der Waals surface area contributed by atoms with Gasteiger partial charge in [-0.15, -0.1) is 11.3 Å². The van der Waals surface area contributed by atoms with Crippen molar-refractivity contribution in [2.75, 3.05) is 5.43 Å². The molecule has 0 spiro atoms. The lowest BCUT2D eigenvalue weighted by atomic mass is 10.2. The summed E-state index contributed by atoms with van der Waals surface area (Å²) in [5.41, 5.74) is 2.79. The molecule has 0 aromatic carbocycles. The lowest BCUT2D eigenvalue weighted by molar-refractivity contribution is 0.0952. The quantitative estimate of drug-likeness (QED) is 0.592. The van der Waals surface area contributed by atoms with E-state index in [1.807, 2.05) is 6.07 Å². The third-order valence-electron chi connectivity index (χ3n) is 2.24. The fourth-order valence-electron chi connectivity index (χ4n) is 1.41. The van der Waals surface area contributed by atoms with Crippen LogP contribution in [0.2, 0.25) is 4.34 Å². The number of carbonyl (C=O) groups excluding carboxylic acids is 1. The fraction of sp³-hybridized carbons (Fsp3) is 0.0909. The van der Waals surface area contributed by atoms with Gasteiger partial charge in [0, 0.05) is 11.1 Å². The molecule has 0 aliphatic carbocycles. The van der Waals surface area contributed by atoms with Crippen LogP contribution < -0.4 is 16.6 Å². The van der Waals surface area contributed by atoms with Crippen LogP contribution in [0.15, 0.2) is 30.5 Å². The number of pyridine rings is 1. The van der Waals surface area contributed by atoms with E-state index in [0.29, 0.717) is 22.3 Å². The Morgan fingerprint density at radius 3 is 2.94 bits per heavy atom. The molecule has 4 N–H and O–H groups in total. The second kappa shape index (κ2) is 5.81. The first-order valence-corrected chi connectivity index (χ1v) is 6.34. The van der Waals surface area contributed by atoms with Gasteiger partial charge in [0.25, 0.3) is 5.91 Å². The van der Waals surface area contributed by atoms with Gasteiger partial charge in [-0.25, -0.2) is 10.8 Å². The molecule has 0 fully saturated rings. The van der Waals surface area contributed by atoms with Gasteiger partial charge >= 0.3 is 0 Å². The Kier molecular flexibility index (Phi) is 4.14. The molecule has 18 heavy (non-hydrogen) atoms. The van der Waals surface area contributed by atoms with Gasteiger partial charge in [-0.05, 0) is 24.3 Å². The second-order valence-corrected chi connectivity index (χ2v) is 5.23. The first-order valence-electron chi connectivity index (χ1n) is 5.14. The summed E-state index contributed by atoms with van der Waals surface area (Å²) in [7, 11) is 0. The number of hydrazine groups is 1. The van der Waals surface area contributed by atoms with E-state index in [4.69, 9.17) is 17.4 Å². The molecule has 0 atom stereocenters. The Labute approximate surface area is 113 Å². The van der Waals surface area contributed by atoms with E-state index in [1.54, 1.807) is 24.4 Å². The van der Waals surface area contributed by atoms with Gasteiger partial charge < -0.3 is 10.7 Å². The summed E-state index contributed by atoms with van der Waals surface area (Å²) < 4.78 is 0.699. The van der Waals surface area contributed by atoms with Crippen LogP contribution in [0.3, 0.4) is 0 Å². The van der Waals surface area contributed by atoms with Crippen molar-refractivity contribution in [3.05, 3.63) is 45.2 Å². The minimum atomic E-state index is -0.236. The first-order chi connectivity index (χ1) is 8.70. The van der Waals surface area contributed by atoms with Crippen LogP contribution >= 0.6 is 22.9 Å². The Balaban J connectivity index is 2.03. The maximum Gasteiger partial charge on any atom is 0.255 e. The van der Waals surface area contributed by atoms with Crippen LogP contribution in [0.5, 0.6) is 0 Å². The molecule has 0 aliphatic rings. The number of nitrogens with zero attached hydrogens (tertiary/aromatic N) is 1. The Morgan fingerprint density at radius 1 is 1.44 bits per heavy atom. The molecule has 0 saturated heterocycles. The average Bonchev–Trinajstić information content (AvgIpc) is 2.81. The monoisotopic (exact) mass is 282 g/mol. The topological polar surface area (TPSA) is 80.0 Å². The molecular formula is C11H11ClN4OS. The Morgan fingerprint density at radius 2 is 2.28 bits per heavy atom. The number of nitrogen functional groups attached to an aromatic ring is 1. The van der Waals surface area contributed by atoms with Crippen LogP contribution in [0, 0.1) is 0 Å². The fourth-order valence-corrected chi connectivity index (χ4v) is 2.44. The van der Waals surface area contributed by atoms with Gasteiger partial charge in [-0.3, -0.25) is 4.79 Å². The standard InChI is InChI=1S/C11H11ClN4OS/c12-9-4-3-7(18-9)6-15-11(17)8-2-1-5-14-10(8)16-13/h1-5H,6,13H2,(H,14,16)(H,15,17). The smallest absolute Gasteiger partial charge is 0.255 e. The van der Waals surface area contributed by atoms with Gasteiger partial charge in [0.15, 0.2) is 5.82 Å². The van der Waals surface area contributed by atoms with E-state index in [0.717, 1.165) is 4.88 Å². The summed E-state index contributed by atoms with van der Waals surface area (Å²) in [5.74, 6) is 5.40. The minimum absolute atomic E-state index is 0.236. The largest absolute Gasteiger partial charge is 0.347 e. The Hall–Kier alpha value is -1.63. The van der Waals surface area contributed by atoms with Crippen molar-refractivity contribution in [3.63, 3.8) is 0 Å². The maximum atomic E-state index is 11.9. The number of nitrogens with one attached hydrogen (secondary N) is 2. The molecule has 0 unspecified atom stereocenters. The van der Waals surface area contributed by atoms with Crippen LogP contribution in [-0.4, -0.2) is 10.9 Å². The average molecular weight is 283 g/mol. The predicted molar refractivity (Wildman–Crippen MR) is 72.5 cm³/mol. The predicted octanol–water partition coefficient (Wildman–Crippen LogP) is 2.01. The van der Waals surface area contributed by atoms with E-state index in [2.05, 4.69) is 15.7 Å². The summed E-state index contributed by atoms with van der Waals surface area (Å²) in [6, 6.07) is 7.00. The molecule has 0 bridgehead atoms. The van der Waals surface area contributed by atoms with Crippen LogP contribution in [-0.2, 0) is 6.54 Å². The number of hydrogen-bond donors (Lipinski definition) is 3. The van der Waals surface area contributed by atoms with Gasteiger partial charge in [0.2, 0.25) is 0 Å². The highest BCUT2D eigenvalue weighted by atomic mass is 35.5. The molecular weight excluding hydrogens is 272 g/mol. The number of nitrogens with two attached hydrogens (primary N) is 1. The molecule has 5 nitrogen and oxygen atoms in total. The highest BCUT2D eigenvalue weighted by Gasteiger charge is 2.11.